The van der Waals surface area contributed by atoms with Crippen molar-refractivity contribution in [1.29, 1.82) is 0 Å². The first-order valence-corrected chi connectivity index (χ1v) is 8.04. The average Bonchev–Trinajstić information content (AvgIpc) is 3.02. The van der Waals surface area contributed by atoms with E-state index in [1.54, 1.807) is 13.0 Å². The summed E-state index contributed by atoms with van der Waals surface area (Å²) >= 11 is 0. The van der Waals surface area contributed by atoms with Crippen LogP contribution in [0.1, 0.15) is 25.0 Å². The number of carbonyl (C=O) groups excluding carboxylic acids is 1. The summed E-state index contributed by atoms with van der Waals surface area (Å²) in [6, 6.07) is 4.77. The van der Waals surface area contributed by atoms with Crippen molar-refractivity contribution in [3.63, 3.8) is 0 Å². The van der Waals surface area contributed by atoms with E-state index in [-0.39, 0.29) is 37.0 Å². The molecule has 4 nitrogen and oxygen atoms in total. The highest BCUT2D eigenvalue weighted by Gasteiger charge is 2.44. The Morgan fingerprint density at radius 3 is 2.58 bits per heavy atom. The van der Waals surface area contributed by atoms with Crippen LogP contribution in [0.5, 0.6) is 0 Å². The molecule has 3 rings (SSSR count). The molecule has 1 aromatic carbocycles. The summed E-state index contributed by atoms with van der Waals surface area (Å²) in [5.74, 6) is -3.84. The van der Waals surface area contributed by atoms with Gasteiger partial charge >= 0.3 is 12.1 Å². The van der Waals surface area contributed by atoms with Crippen molar-refractivity contribution < 1.29 is 26.7 Å². The smallest absolute Gasteiger partial charge is 0.335 e. The third-order valence-corrected chi connectivity index (χ3v) is 4.62. The fourth-order valence-electron chi connectivity index (χ4n) is 3.40. The molecule has 1 saturated heterocycles. The fraction of sp³-hybridized carbons (Fsp3) is 0.412. The number of amides is 1. The molecule has 1 aliphatic heterocycles. The van der Waals surface area contributed by atoms with Crippen LogP contribution < -0.4 is 0 Å². The van der Waals surface area contributed by atoms with Gasteiger partial charge in [-0.25, -0.2) is 13.5 Å². The molecule has 2 atom stereocenters. The summed E-state index contributed by atoms with van der Waals surface area (Å²) in [6.45, 7) is 1.63. The van der Waals surface area contributed by atoms with Gasteiger partial charge in [-0.05, 0) is 30.5 Å². The van der Waals surface area contributed by atoms with Crippen LogP contribution in [0.2, 0.25) is 0 Å². The highest BCUT2D eigenvalue weighted by molar-refractivity contribution is 5.82. The average molecular weight is 373 g/mol. The molecule has 0 bridgehead atoms. The highest BCUT2D eigenvalue weighted by Crippen LogP contribution is 2.35. The van der Waals surface area contributed by atoms with E-state index in [0.29, 0.717) is 5.69 Å². The molecule has 1 amide bonds. The van der Waals surface area contributed by atoms with Gasteiger partial charge in [0.1, 0.15) is 11.5 Å². The fourth-order valence-corrected chi connectivity index (χ4v) is 3.40. The Balaban J connectivity index is 1.84. The lowest BCUT2D eigenvalue weighted by atomic mass is 9.84. The first-order chi connectivity index (χ1) is 12.2. The number of rotatable bonds is 2. The maximum Gasteiger partial charge on any atom is 0.471 e. The van der Waals surface area contributed by atoms with Gasteiger partial charge in [0, 0.05) is 37.0 Å². The Hall–Kier alpha value is -2.45. The van der Waals surface area contributed by atoms with Gasteiger partial charge in [0.05, 0.1) is 0 Å². The first-order valence-electron chi connectivity index (χ1n) is 8.04. The van der Waals surface area contributed by atoms with Crippen LogP contribution in [0.3, 0.4) is 0 Å². The van der Waals surface area contributed by atoms with Gasteiger partial charge in [-0.3, -0.25) is 4.79 Å². The molecular weight excluding hydrogens is 357 g/mol. The van der Waals surface area contributed by atoms with Gasteiger partial charge in [-0.1, -0.05) is 6.92 Å². The Bertz CT molecular complexity index is 817. The summed E-state index contributed by atoms with van der Waals surface area (Å²) in [4.78, 5) is 12.2. The highest BCUT2D eigenvalue weighted by atomic mass is 19.4. The molecular formula is C17H16F5N3O. The predicted molar refractivity (Wildman–Crippen MR) is 82.6 cm³/mol. The molecule has 0 spiro atoms. The second kappa shape index (κ2) is 6.69. The van der Waals surface area contributed by atoms with Gasteiger partial charge < -0.3 is 4.90 Å². The van der Waals surface area contributed by atoms with Gasteiger partial charge in [0.25, 0.3) is 0 Å². The molecule has 0 aliphatic carbocycles. The van der Waals surface area contributed by atoms with E-state index in [2.05, 4.69) is 5.10 Å². The number of benzene rings is 1. The Morgan fingerprint density at radius 2 is 1.96 bits per heavy atom. The lowest BCUT2D eigenvalue weighted by Gasteiger charge is -2.37. The lowest BCUT2D eigenvalue weighted by molar-refractivity contribution is -0.187. The molecule has 1 fully saturated rings. The monoisotopic (exact) mass is 373 g/mol. The van der Waals surface area contributed by atoms with Crippen LogP contribution >= 0.6 is 0 Å². The van der Waals surface area contributed by atoms with Crippen molar-refractivity contribution in [3.05, 3.63) is 47.8 Å². The van der Waals surface area contributed by atoms with Crippen LogP contribution in [0.25, 0.3) is 5.69 Å². The van der Waals surface area contributed by atoms with Gasteiger partial charge in [0.2, 0.25) is 0 Å². The van der Waals surface area contributed by atoms with Crippen molar-refractivity contribution >= 4 is 5.91 Å². The number of alkyl halides is 3. The summed E-state index contributed by atoms with van der Waals surface area (Å²) in [7, 11) is 0. The van der Waals surface area contributed by atoms with Crippen molar-refractivity contribution in [2.45, 2.75) is 25.4 Å². The third kappa shape index (κ3) is 3.42. The van der Waals surface area contributed by atoms with Crippen LogP contribution in [0.15, 0.2) is 30.5 Å². The van der Waals surface area contributed by atoms with Crippen LogP contribution in [-0.2, 0) is 4.79 Å². The summed E-state index contributed by atoms with van der Waals surface area (Å²) in [5, 5.41) is 4.07. The minimum Gasteiger partial charge on any atom is -0.335 e. The zero-order valence-electron chi connectivity index (χ0n) is 13.8. The minimum atomic E-state index is -4.90. The molecule has 1 aliphatic rings. The second-order valence-corrected chi connectivity index (χ2v) is 6.38. The van der Waals surface area contributed by atoms with Crippen molar-refractivity contribution in [1.82, 2.24) is 14.7 Å². The van der Waals surface area contributed by atoms with E-state index in [0.717, 1.165) is 17.0 Å². The Morgan fingerprint density at radius 1 is 1.23 bits per heavy atom. The van der Waals surface area contributed by atoms with Crippen LogP contribution in [0, 0.1) is 17.6 Å². The molecule has 2 aromatic rings. The molecule has 9 heteroatoms. The molecule has 0 N–H and O–H groups in total. The number of hydrogen-bond acceptors (Lipinski definition) is 2. The van der Waals surface area contributed by atoms with Gasteiger partial charge in [-0.2, -0.15) is 18.3 Å². The lowest BCUT2D eigenvalue weighted by Crippen LogP contribution is -2.47. The van der Waals surface area contributed by atoms with Crippen molar-refractivity contribution in [2.24, 2.45) is 5.92 Å². The summed E-state index contributed by atoms with van der Waals surface area (Å²) in [6.07, 6.45) is -3.15. The maximum absolute atomic E-state index is 14.1. The molecule has 2 heterocycles. The van der Waals surface area contributed by atoms with E-state index in [4.69, 9.17) is 0 Å². The first kappa shape index (κ1) is 18.3. The topological polar surface area (TPSA) is 38.1 Å². The van der Waals surface area contributed by atoms with Crippen molar-refractivity contribution in [3.8, 4) is 5.69 Å². The number of carbonyl (C=O) groups is 1. The van der Waals surface area contributed by atoms with Gasteiger partial charge in [-0.15, -0.1) is 0 Å². The zero-order valence-corrected chi connectivity index (χ0v) is 13.8. The van der Waals surface area contributed by atoms with E-state index < -0.39 is 23.7 Å². The van der Waals surface area contributed by atoms with Crippen LogP contribution in [-0.4, -0.2) is 39.9 Å². The number of likely N-dealkylation sites (tertiary alicyclic amines) is 1. The molecule has 0 radical (unpaired) electrons. The molecule has 1 aromatic heterocycles. The van der Waals surface area contributed by atoms with Crippen molar-refractivity contribution in [2.75, 3.05) is 13.1 Å². The largest absolute Gasteiger partial charge is 0.471 e. The zero-order chi connectivity index (χ0) is 19.1. The SMILES string of the molecule is C[C@H]1CN(C(=O)C(F)(F)F)CC[C@H]1c1ccnn1-c1ccc(F)cc1F. The number of aromatic nitrogens is 2. The van der Waals surface area contributed by atoms with E-state index >= 15 is 0 Å². The predicted octanol–water partition coefficient (Wildman–Crippen LogP) is 3.66. The van der Waals surface area contributed by atoms with Crippen LogP contribution in [0.4, 0.5) is 22.0 Å². The van der Waals surface area contributed by atoms with Gasteiger partial charge in [0.15, 0.2) is 5.82 Å². The number of nitrogens with zero attached hydrogens (tertiary/aromatic N) is 3. The standard InChI is InChI=1S/C17H16F5N3O/c1-10-9-24(16(26)17(20,21)22)7-5-12(10)14-4-6-23-25(14)15-3-2-11(18)8-13(15)19/h2-4,6,8,10,12H,5,7,9H2,1H3/t10-,12+/m0/s1. The quantitative estimate of drug-likeness (QED) is 0.754. The number of piperidine rings is 1. The molecule has 0 unspecified atom stereocenters. The Labute approximate surface area is 146 Å². The van der Waals surface area contributed by atoms with E-state index in [9.17, 15) is 26.7 Å². The maximum atomic E-state index is 14.1. The summed E-state index contributed by atoms with van der Waals surface area (Å²) in [5.41, 5.74) is 0.675. The second-order valence-electron chi connectivity index (χ2n) is 6.38. The number of hydrogen-bond donors (Lipinski definition) is 0. The molecule has 140 valence electrons. The van der Waals surface area contributed by atoms with E-state index in [1.165, 1.54) is 16.9 Å². The third-order valence-electron chi connectivity index (χ3n) is 4.62. The molecule has 0 saturated carbocycles. The summed E-state index contributed by atoms with van der Waals surface area (Å²) < 4.78 is 66.4. The normalized spacial score (nSPS) is 21.1. The number of halogens is 5. The van der Waals surface area contributed by atoms with E-state index in [1.807, 2.05) is 0 Å². The molecule has 26 heavy (non-hydrogen) atoms. The minimum absolute atomic E-state index is 0.0512. The Kier molecular flexibility index (Phi) is 4.72.